The summed E-state index contributed by atoms with van der Waals surface area (Å²) < 4.78 is 10.8. The Morgan fingerprint density at radius 1 is 1.19 bits per heavy atom. The predicted octanol–water partition coefficient (Wildman–Crippen LogP) is 3.87. The van der Waals surface area contributed by atoms with E-state index in [-0.39, 0.29) is 18.4 Å². The van der Waals surface area contributed by atoms with Crippen LogP contribution >= 0.6 is 0 Å². The zero-order valence-electron chi connectivity index (χ0n) is 14.7. The molecule has 27 heavy (non-hydrogen) atoms. The highest BCUT2D eigenvalue weighted by atomic mass is 16.7. The number of rotatable bonds is 6. The van der Waals surface area contributed by atoms with Crippen LogP contribution in [-0.4, -0.2) is 28.2 Å². The lowest BCUT2D eigenvalue weighted by Crippen LogP contribution is -2.13. The molecule has 0 amide bonds. The number of nitro benzene ring substituents is 1. The summed E-state index contributed by atoms with van der Waals surface area (Å²) in [4.78, 5) is 19.1. The first-order valence-corrected chi connectivity index (χ1v) is 8.68. The molecule has 2 aromatic carbocycles. The van der Waals surface area contributed by atoms with E-state index in [1.165, 1.54) is 18.5 Å². The Kier molecular flexibility index (Phi) is 4.45. The maximum Gasteiger partial charge on any atom is 0.270 e. The molecule has 1 aliphatic heterocycles. The van der Waals surface area contributed by atoms with Gasteiger partial charge in [0.1, 0.15) is 12.1 Å². The largest absolute Gasteiger partial charge is 0.454 e. The fourth-order valence-corrected chi connectivity index (χ4v) is 3.18. The quantitative estimate of drug-likeness (QED) is 0.522. The van der Waals surface area contributed by atoms with Crippen molar-refractivity contribution in [3.8, 4) is 11.5 Å². The van der Waals surface area contributed by atoms with Crippen LogP contribution in [0.5, 0.6) is 11.5 Å². The van der Waals surface area contributed by atoms with Crippen molar-refractivity contribution < 1.29 is 14.4 Å². The summed E-state index contributed by atoms with van der Waals surface area (Å²) >= 11 is 0. The number of nitrogens with one attached hydrogen (secondary N) is 1. The van der Waals surface area contributed by atoms with Gasteiger partial charge in [-0.3, -0.25) is 10.1 Å². The van der Waals surface area contributed by atoms with E-state index < -0.39 is 4.92 Å². The predicted molar refractivity (Wildman–Crippen MR) is 100 cm³/mol. The first kappa shape index (κ1) is 17.0. The third-order valence-electron chi connectivity index (χ3n) is 4.71. The van der Waals surface area contributed by atoms with Gasteiger partial charge < -0.3 is 14.8 Å². The van der Waals surface area contributed by atoms with E-state index in [1.807, 2.05) is 18.2 Å². The van der Waals surface area contributed by atoms with Gasteiger partial charge in [-0.1, -0.05) is 13.0 Å². The summed E-state index contributed by atoms with van der Waals surface area (Å²) in [5.41, 5.74) is 1.82. The molecule has 1 aliphatic rings. The fraction of sp³-hybridized carbons (Fsp3) is 0.263. The number of ether oxygens (including phenoxy) is 2. The first-order valence-electron chi connectivity index (χ1n) is 8.68. The standard InChI is InChI=1S/C19H18N4O4/c1-2-12(13-3-6-17-18(7-13)27-11-26-17)9-20-19-15-8-14(23(24)25)4-5-16(15)21-10-22-19/h3-8,10,12H,2,9,11H2,1H3,(H,20,21,22). The van der Waals surface area contributed by atoms with E-state index in [2.05, 4.69) is 22.2 Å². The number of nitro groups is 1. The molecule has 1 aromatic heterocycles. The summed E-state index contributed by atoms with van der Waals surface area (Å²) in [6.07, 6.45) is 2.37. The van der Waals surface area contributed by atoms with Crippen molar-refractivity contribution in [3.05, 3.63) is 58.4 Å². The molecule has 1 unspecified atom stereocenters. The van der Waals surface area contributed by atoms with Crippen molar-refractivity contribution in [2.24, 2.45) is 0 Å². The molecule has 4 rings (SSSR count). The van der Waals surface area contributed by atoms with Crippen molar-refractivity contribution in [2.75, 3.05) is 18.7 Å². The highest BCUT2D eigenvalue weighted by molar-refractivity contribution is 5.90. The van der Waals surface area contributed by atoms with Gasteiger partial charge in [-0.15, -0.1) is 0 Å². The monoisotopic (exact) mass is 366 g/mol. The van der Waals surface area contributed by atoms with Crippen LogP contribution in [0.2, 0.25) is 0 Å². The van der Waals surface area contributed by atoms with Gasteiger partial charge in [0.25, 0.3) is 5.69 Å². The average molecular weight is 366 g/mol. The molecule has 0 bridgehead atoms. The molecule has 0 fully saturated rings. The summed E-state index contributed by atoms with van der Waals surface area (Å²) in [6.45, 7) is 2.99. The van der Waals surface area contributed by atoms with Gasteiger partial charge in [0, 0.05) is 30.0 Å². The maximum atomic E-state index is 11.1. The number of aromatic nitrogens is 2. The minimum absolute atomic E-state index is 0.0168. The molecule has 0 spiro atoms. The van der Waals surface area contributed by atoms with Gasteiger partial charge in [0.05, 0.1) is 10.4 Å². The molecule has 2 heterocycles. The third-order valence-corrected chi connectivity index (χ3v) is 4.71. The first-order chi connectivity index (χ1) is 13.2. The smallest absolute Gasteiger partial charge is 0.270 e. The zero-order chi connectivity index (χ0) is 18.8. The van der Waals surface area contributed by atoms with Gasteiger partial charge >= 0.3 is 0 Å². The number of hydrogen-bond donors (Lipinski definition) is 1. The lowest BCUT2D eigenvalue weighted by molar-refractivity contribution is -0.384. The molecule has 3 aromatic rings. The minimum atomic E-state index is -0.419. The number of hydrogen-bond acceptors (Lipinski definition) is 7. The lowest BCUT2D eigenvalue weighted by Gasteiger charge is -2.17. The highest BCUT2D eigenvalue weighted by Gasteiger charge is 2.18. The zero-order valence-corrected chi connectivity index (χ0v) is 14.7. The molecule has 138 valence electrons. The summed E-state index contributed by atoms with van der Waals surface area (Å²) in [5, 5.41) is 15.0. The van der Waals surface area contributed by atoms with Crippen LogP contribution in [0.1, 0.15) is 24.8 Å². The second-order valence-corrected chi connectivity index (χ2v) is 6.28. The van der Waals surface area contributed by atoms with Crippen LogP contribution < -0.4 is 14.8 Å². The lowest BCUT2D eigenvalue weighted by atomic mass is 9.96. The van der Waals surface area contributed by atoms with Crippen molar-refractivity contribution in [1.29, 1.82) is 0 Å². The highest BCUT2D eigenvalue weighted by Crippen LogP contribution is 2.35. The Hall–Kier alpha value is -3.42. The van der Waals surface area contributed by atoms with Gasteiger partial charge in [-0.2, -0.15) is 0 Å². The third kappa shape index (κ3) is 3.33. The summed E-state index contributed by atoms with van der Waals surface area (Å²) in [5.74, 6) is 2.33. The van der Waals surface area contributed by atoms with E-state index >= 15 is 0 Å². The minimum Gasteiger partial charge on any atom is -0.454 e. The van der Waals surface area contributed by atoms with Crippen LogP contribution in [0.25, 0.3) is 10.9 Å². The number of fused-ring (bicyclic) bond motifs is 2. The van der Waals surface area contributed by atoms with E-state index in [1.54, 1.807) is 6.07 Å². The number of nitrogens with zero attached hydrogens (tertiary/aromatic N) is 3. The van der Waals surface area contributed by atoms with Crippen LogP contribution in [0, 0.1) is 10.1 Å². The van der Waals surface area contributed by atoms with Crippen molar-refractivity contribution in [2.45, 2.75) is 19.3 Å². The Bertz CT molecular complexity index is 1010. The second kappa shape index (κ2) is 7.06. The van der Waals surface area contributed by atoms with E-state index in [9.17, 15) is 10.1 Å². The molecule has 8 nitrogen and oxygen atoms in total. The molecule has 0 saturated heterocycles. The van der Waals surface area contributed by atoms with Crippen LogP contribution in [0.4, 0.5) is 11.5 Å². The summed E-state index contributed by atoms with van der Waals surface area (Å²) in [7, 11) is 0. The van der Waals surface area contributed by atoms with E-state index in [4.69, 9.17) is 9.47 Å². The topological polar surface area (TPSA) is 99.4 Å². The molecule has 1 atom stereocenters. The van der Waals surface area contributed by atoms with Crippen molar-refractivity contribution in [3.63, 3.8) is 0 Å². The Morgan fingerprint density at radius 2 is 2.04 bits per heavy atom. The molecule has 8 heteroatoms. The molecular formula is C19H18N4O4. The Balaban J connectivity index is 1.58. The summed E-state index contributed by atoms with van der Waals surface area (Å²) in [6, 6.07) is 10.5. The van der Waals surface area contributed by atoms with E-state index in [0.717, 1.165) is 23.5 Å². The second-order valence-electron chi connectivity index (χ2n) is 6.28. The normalized spacial score (nSPS) is 13.5. The van der Waals surface area contributed by atoms with E-state index in [0.29, 0.717) is 23.3 Å². The Labute approximate surface area is 155 Å². The van der Waals surface area contributed by atoms with Gasteiger partial charge in [-0.25, -0.2) is 9.97 Å². The molecule has 0 aliphatic carbocycles. The number of anilines is 1. The maximum absolute atomic E-state index is 11.1. The molecular weight excluding hydrogens is 348 g/mol. The number of benzene rings is 2. The van der Waals surface area contributed by atoms with Crippen LogP contribution in [0.15, 0.2) is 42.7 Å². The van der Waals surface area contributed by atoms with Crippen LogP contribution in [-0.2, 0) is 0 Å². The fourth-order valence-electron chi connectivity index (χ4n) is 3.18. The molecule has 0 radical (unpaired) electrons. The van der Waals surface area contributed by atoms with Gasteiger partial charge in [0.15, 0.2) is 11.5 Å². The SMILES string of the molecule is CCC(CNc1ncnc2ccc([N+](=O)[O-])cc12)c1ccc2c(c1)OCO2. The van der Waals surface area contributed by atoms with Crippen molar-refractivity contribution >= 4 is 22.4 Å². The van der Waals surface area contributed by atoms with Crippen molar-refractivity contribution in [1.82, 2.24) is 9.97 Å². The van der Waals surface area contributed by atoms with Crippen LogP contribution in [0.3, 0.4) is 0 Å². The average Bonchev–Trinajstić information content (AvgIpc) is 3.16. The molecule has 1 N–H and O–H groups in total. The number of non-ortho nitro benzene ring substituents is 1. The van der Waals surface area contributed by atoms with Gasteiger partial charge in [-0.05, 0) is 30.2 Å². The Morgan fingerprint density at radius 3 is 2.85 bits per heavy atom. The molecule has 0 saturated carbocycles. The van der Waals surface area contributed by atoms with Gasteiger partial charge in [0.2, 0.25) is 6.79 Å².